The molecule has 1 aliphatic rings. The van der Waals surface area contributed by atoms with Gasteiger partial charge in [-0.15, -0.1) is 0 Å². The first-order chi connectivity index (χ1) is 10.3. The Labute approximate surface area is 130 Å². The molecular formula is C20H31N. The van der Waals surface area contributed by atoms with Crippen molar-refractivity contribution in [3.05, 3.63) is 47.5 Å². The first kappa shape index (κ1) is 16.3. The van der Waals surface area contributed by atoms with Crippen LogP contribution in [0.1, 0.15) is 63.9 Å². The van der Waals surface area contributed by atoms with E-state index >= 15 is 0 Å². The summed E-state index contributed by atoms with van der Waals surface area (Å²) in [5.74, 6) is 1.33. The fourth-order valence-corrected chi connectivity index (χ4v) is 3.40. The average Bonchev–Trinajstić information content (AvgIpc) is 2.55. The van der Waals surface area contributed by atoms with Gasteiger partial charge in [-0.1, -0.05) is 75.1 Å². The van der Waals surface area contributed by atoms with Crippen molar-refractivity contribution in [2.75, 3.05) is 13.1 Å². The molecule has 0 amide bonds. The molecule has 0 radical (unpaired) electrons. The smallest absolute Gasteiger partial charge is 0.0167 e. The van der Waals surface area contributed by atoms with Crippen LogP contribution < -0.4 is 5.32 Å². The van der Waals surface area contributed by atoms with Gasteiger partial charge in [0, 0.05) is 6.54 Å². The monoisotopic (exact) mass is 285 g/mol. The maximum Gasteiger partial charge on any atom is 0.0167 e. The Hall–Kier alpha value is -1.08. The number of hydrogen-bond donors (Lipinski definition) is 1. The topological polar surface area (TPSA) is 12.0 Å². The number of nitrogens with one attached hydrogen (secondary N) is 1. The number of rotatable bonds is 7. The Bertz CT molecular complexity index is 415. The van der Waals surface area contributed by atoms with Crippen molar-refractivity contribution in [2.24, 2.45) is 5.92 Å². The molecule has 1 fully saturated rings. The molecule has 1 nitrogen and oxygen atoms in total. The standard InChI is InChI=1S/C20H31N/c1-3-14-21-16-20(19-12-8-5-9-13-19)15-17(2)18-10-6-4-7-11-18/h4,6-7,10-11,15,17,19,21H,3,5,8-9,12-14,16H2,1-2H3/b20-15-. The molecule has 1 saturated carbocycles. The highest BCUT2D eigenvalue weighted by molar-refractivity contribution is 5.26. The van der Waals surface area contributed by atoms with Gasteiger partial charge in [0.15, 0.2) is 0 Å². The van der Waals surface area contributed by atoms with E-state index in [1.165, 1.54) is 44.1 Å². The first-order valence-corrected chi connectivity index (χ1v) is 8.77. The van der Waals surface area contributed by atoms with Gasteiger partial charge in [0.25, 0.3) is 0 Å². The Morgan fingerprint density at radius 3 is 2.57 bits per heavy atom. The molecule has 1 aromatic rings. The van der Waals surface area contributed by atoms with Crippen molar-refractivity contribution < 1.29 is 0 Å². The Balaban J connectivity index is 2.06. The third kappa shape index (κ3) is 5.32. The van der Waals surface area contributed by atoms with Crippen LogP contribution >= 0.6 is 0 Å². The third-order valence-corrected chi connectivity index (χ3v) is 4.67. The maximum atomic E-state index is 3.62. The molecule has 0 aromatic heterocycles. The van der Waals surface area contributed by atoms with Crippen LogP contribution in [0.5, 0.6) is 0 Å². The average molecular weight is 285 g/mol. The van der Waals surface area contributed by atoms with Crippen molar-refractivity contribution in [2.45, 2.75) is 58.3 Å². The summed E-state index contributed by atoms with van der Waals surface area (Å²) in [7, 11) is 0. The molecule has 1 aromatic carbocycles. The van der Waals surface area contributed by atoms with Gasteiger partial charge >= 0.3 is 0 Å². The van der Waals surface area contributed by atoms with E-state index in [0.29, 0.717) is 5.92 Å². The molecule has 0 saturated heterocycles. The summed E-state index contributed by atoms with van der Waals surface area (Å²) in [6.07, 6.45) is 10.8. The molecule has 2 rings (SSSR count). The summed E-state index contributed by atoms with van der Waals surface area (Å²) in [5.41, 5.74) is 3.08. The second-order valence-electron chi connectivity index (χ2n) is 6.45. The fraction of sp³-hybridized carbons (Fsp3) is 0.600. The summed E-state index contributed by atoms with van der Waals surface area (Å²) in [5, 5.41) is 3.62. The van der Waals surface area contributed by atoms with Gasteiger partial charge < -0.3 is 5.32 Å². The molecule has 0 spiro atoms. The Kier molecular flexibility index (Phi) is 7.02. The lowest BCUT2D eigenvalue weighted by Crippen LogP contribution is -2.23. The lowest BCUT2D eigenvalue weighted by atomic mass is 9.82. The zero-order valence-corrected chi connectivity index (χ0v) is 13.8. The summed E-state index contributed by atoms with van der Waals surface area (Å²) < 4.78 is 0. The van der Waals surface area contributed by atoms with Crippen LogP contribution in [-0.4, -0.2) is 13.1 Å². The van der Waals surface area contributed by atoms with Gasteiger partial charge in [-0.25, -0.2) is 0 Å². The van der Waals surface area contributed by atoms with Gasteiger partial charge in [-0.3, -0.25) is 0 Å². The summed E-state index contributed by atoms with van der Waals surface area (Å²) in [4.78, 5) is 0. The van der Waals surface area contributed by atoms with Crippen LogP contribution in [-0.2, 0) is 0 Å². The predicted molar refractivity (Wildman–Crippen MR) is 92.7 cm³/mol. The summed E-state index contributed by atoms with van der Waals surface area (Å²) in [6.45, 7) is 6.78. The van der Waals surface area contributed by atoms with Crippen LogP contribution in [0.4, 0.5) is 0 Å². The zero-order valence-electron chi connectivity index (χ0n) is 13.8. The molecule has 0 heterocycles. The van der Waals surface area contributed by atoms with E-state index in [2.05, 4.69) is 55.6 Å². The van der Waals surface area contributed by atoms with E-state index in [1.807, 2.05) is 0 Å². The number of allylic oxidation sites excluding steroid dienone is 1. The highest BCUT2D eigenvalue weighted by atomic mass is 14.8. The molecule has 21 heavy (non-hydrogen) atoms. The minimum Gasteiger partial charge on any atom is -0.313 e. The molecule has 1 heteroatoms. The largest absolute Gasteiger partial charge is 0.313 e. The van der Waals surface area contributed by atoms with Gasteiger partial charge in [0.1, 0.15) is 0 Å². The quantitative estimate of drug-likeness (QED) is 0.530. The molecule has 0 bridgehead atoms. The maximum absolute atomic E-state index is 3.62. The van der Waals surface area contributed by atoms with Crippen LogP contribution in [0.3, 0.4) is 0 Å². The van der Waals surface area contributed by atoms with Crippen molar-refractivity contribution in [1.29, 1.82) is 0 Å². The lowest BCUT2D eigenvalue weighted by molar-refractivity contribution is 0.393. The zero-order chi connectivity index (χ0) is 14.9. The lowest BCUT2D eigenvalue weighted by Gasteiger charge is -2.26. The van der Waals surface area contributed by atoms with Crippen LogP contribution in [0.15, 0.2) is 42.0 Å². The number of hydrogen-bond acceptors (Lipinski definition) is 1. The van der Waals surface area contributed by atoms with Gasteiger partial charge in [0.2, 0.25) is 0 Å². The predicted octanol–water partition coefficient (Wildman–Crippen LogP) is 5.30. The Morgan fingerprint density at radius 2 is 1.90 bits per heavy atom. The van der Waals surface area contributed by atoms with E-state index in [-0.39, 0.29) is 0 Å². The van der Waals surface area contributed by atoms with Gasteiger partial charge in [-0.05, 0) is 43.2 Å². The molecule has 116 valence electrons. The normalized spacial score (nSPS) is 18.7. The molecule has 1 atom stereocenters. The van der Waals surface area contributed by atoms with Crippen molar-refractivity contribution >= 4 is 0 Å². The number of benzene rings is 1. The van der Waals surface area contributed by atoms with Crippen molar-refractivity contribution in [3.63, 3.8) is 0 Å². The fourth-order valence-electron chi connectivity index (χ4n) is 3.40. The van der Waals surface area contributed by atoms with E-state index in [0.717, 1.165) is 19.0 Å². The summed E-state index contributed by atoms with van der Waals surface area (Å²) in [6, 6.07) is 10.9. The van der Waals surface area contributed by atoms with E-state index < -0.39 is 0 Å². The van der Waals surface area contributed by atoms with Gasteiger partial charge in [-0.2, -0.15) is 0 Å². The van der Waals surface area contributed by atoms with Gasteiger partial charge in [0.05, 0.1) is 0 Å². The van der Waals surface area contributed by atoms with Crippen LogP contribution in [0.25, 0.3) is 0 Å². The first-order valence-electron chi connectivity index (χ1n) is 8.77. The molecule has 1 unspecified atom stereocenters. The molecule has 1 aliphatic carbocycles. The summed E-state index contributed by atoms with van der Waals surface area (Å²) >= 11 is 0. The molecule has 0 aliphatic heterocycles. The van der Waals surface area contributed by atoms with Crippen LogP contribution in [0.2, 0.25) is 0 Å². The second-order valence-corrected chi connectivity index (χ2v) is 6.45. The third-order valence-electron chi connectivity index (χ3n) is 4.67. The Morgan fingerprint density at radius 1 is 1.19 bits per heavy atom. The highest BCUT2D eigenvalue weighted by Crippen LogP contribution is 2.31. The van der Waals surface area contributed by atoms with Crippen molar-refractivity contribution in [1.82, 2.24) is 5.32 Å². The molecule has 1 N–H and O–H groups in total. The minimum absolute atomic E-state index is 0.520. The SMILES string of the molecule is CCCNC/C(=C/C(C)c1ccccc1)C1CCCCC1. The van der Waals surface area contributed by atoms with E-state index in [9.17, 15) is 0 Å². The van der Waals surface area contributed by atoms with E-state index in [1.54, 1.807) is 5.57 Å². The van der Waals surface area contributed by atoms with Crippen LogP contribution in [0, 0.1) is 5.92 Å². The highest BCUT2D eigenvalue weighted by Gasteiger charge is 2.18. The van der Waals surface area contributed by atoms with E-state index in [4.69, 9.17) is 0 Å². The second kappa shape index (κ2) is 9.04. The minimum atomic E-state index is 0.520. The molecular weight excluding hydrogens is 254 g/mol. The van der Waals surface area contributed by atoms with Crippen molar-refractivity contribution in [3.8, 4) is 0 Å².